The Morgan fingerprint density at radius 2 is 1.38 bits per heavy atom. The Morgan fingerprint density at radius 1 is 0.689 bits per heavy atom. The first-order chi connectivity index (χ1) is 28.6. The van der Waals surface area contributed by atoms with Crippen LogP contribution in [-0.2, 0) is 38.3 Å². The number of furan rings is 1. The van der Waals surface area contributed by atoms with Gasteiger partial charge in [-0.2, -0.15) is 6.07 Å². The molecule has 10 rings (SSSR count). The summed E-state index contributed by atoms with van der Waals surface area (Å²) in [5.41, 5.74) is 10.5. The molecule has 1 atom stereocenters. The van der Waals surface area contributed by atoms with Crippen LogP contribution in [0.15, 0.2) is 126 Å². The van der Waals surface area contributed by atoms with E-state index >= 15 is 0 Å². The Balaban J connectivity index is 0.00000476. The van der Waals surface area contributed by atoms with Crippen LogP contribution in [0.3, 0.4) is 0 Å². The normalized spacial score (nSPS) is 15.6. The number of rotatable bonds is 5. The van der Waals surface area contributed by atoms with Gasteiger partial charge in [0.25, 0.3) is 0 Å². The number of ether oxygens (including phenoxy) is 1. The smallest absolute Gasteiger partial charge is 0.152 e. The van der Waals surface area contributed by atoms with Crippen LogP contribution in [0.2, 0.25) is 0 Å². The second-order valence-corrected chi connectivity index (χ2v) is 19.5. The van der Waals surface area contributed by atoms with Crippen molar-refractivity contribution in [1.82, 2.24) is 9.55 Å². The molecular weight excluding hydrogens is 932 g/mol. The van der Waals surface area contributed by atoms with Crippen LogP contribution in [0, 0.1) is 30.1 Å². The first kappa shape index (κ1) is 40.8. The fraction of sp³-hybridized carbons (Fsp3) is 0.259. The average molecular weight is 983 g/mol. The Hall–Kier alpha value is -5.58. The molecule has 3 aromatic heterocycles. The molecule has 0 fully saturated rings. The van der Waals surface area contributed by atoms with Crippen molar-refractivity contribution in [1.29, 1.82) is 0 Å². The van der Waals surface area contributed by atoms with Crippen LogP contribution < -0.4 is 14.5 Å². The Labute approximate surface area is 374 Å². The van der Waals surface area contributed by atoms with Gasteiger partial charge >= 0.3 is 0 Å². The third-order valence-electron chi connectivity index (χ3n) is 12.3. The molecule has 5 aromatic carbocycles. The Bertz CT molecular complexity index is 3010. The van der Waals surface area contributed by atoms with Crippen molar-refractivity contribution >= 4 is 55.5 Å². The first-order valence-electron chi connectivity index (χ1n) is 21.0. The largest absolute Gasteiger partial charge is 0.509 e. The molecule has 8 aromatic rings. The van der Waals surface area contributed by atoms with Gasteiger partial charge in [-0.05, 0) is 75.9 Å². The summed E-state index contributed by atoms with van der Waals surface area (Å²) < 4.78 is 15.7. The van der Waals surface area contributed by atoms with Crippen molar-refractivity contribution in [3.05, 3.63) is 163 Å². The van der Waals surface area contributed by atoms with Gasteiger partial charge in [0.15, 0.2) is 5.76 Å². The maximum absolute atomic E-state index is 6.82. The van der Waals surface area contributed by atoms with E-state index in [0.29, 0.717) is 17.4 Å². The number of aromatic nitrogens is 2. The molecule has 0 radical (unpaired) electrons. The standard InChI is InChI=1S/C54H51N4O2.Pt/c1-52(2,3)34-24-25-55-50(30-34)58-44-18-12-10-16-40(44)41-23-22-38(32-47(41)58)59-39-27-35(53(4,5)6)26-37(31-39)56-33-57(46-20-14-13-19-45(46)56)48-29-36(54(7,8)9)28-43-42-17-11-15-21-49(42)60-51(43)48;/h10-27,29-30,33,36H,28H2,1-9H3;/q-3;. The minimum Gasteiger partial charge on any atom is -0.509 e. The zero-order valence-electron chi connectivity index (χ0n) is 36.3. The van der Waals surface area contributed by atoms with E-state index in [4.69, 9.17) is 14.1 Å². The molecule has 7 heteroatoms. The quantitative estimate of drug-likeness (QED) is 0.161. The third kappa shape index (κ3) is 7.17. The zero-order valence-corrected chi connectivity index (χ0v) is 38.6. The average Bonchev–Trinajstić information content (AvgIpc) is 3.89. The molecule has 1 unspecified atom stereocenters. The fourth-order valence-electron chi connectivity index (χ4n) is 8.74. The number of hydrogen-bond donors (Lipinski definition) is 0. The second kappa shape index (κ2) is 14.8. The molecule has 0 amide bonds. The summed E-state index contributed by atoms with van der Waals surface area (Å²) in [6, 6.07) is 45.7. The van der Waals surface area contributed by atoms with Crippen LogP contribution >= 0.6 is 0 Å². The molecule has 0 saturated carbocycles. The van der Waals surface area contributed by atoms with E-state index < -0.39 is 0 Å². The van der Waals surface area contributed by atoms with Crippen molar-refractivity contribution in [3.8, 4) is 17.3 Å². The van der Waals surface area contributed by atoms with Gasteiger partial charge < -0.3 is 23.5 Å². The number of nitrogens with zero attached hydrogens (tertiary/aromatic N) is 4. The SMILES string of the molecule is CC(C)(C)c1cc(Oc2[c-]c3c(cc2)c2ccccc2n3-c2cc(C(C)(C)C)ccn2)[c-]c(N2[CH-]N(C3=CC(C(C)(C)C)Cc4c3oc3ccccc43)c3ccccc32)c1.[Pt]. The number of para-hydroxylation sites is 4. The topological polar surface area (TPSA) is 46.7 Å². The summed E-state index contributed by atoms with van der Waals surface area (Å²) in [4.78, 5) is 9.41. The first-order valence-corrected chi connectivity index (χ1v) is 21.0. The minimum absolute atomic E-state index is 0. The molecule has 2 aliphatic rings. The number of fused-ring (bicyclic) bond motifs is 7. The molecule has 0 spiro atoms. The van der Waals surface area contributed by atoms with Gasteiger partial charge in [-0.1, -0.05) is 122 Å². The summed E-state index contributed by atoms with van der Waals surface area (Å²) in [5, 5.41) is 3.43. The van der Waals surface area contributed by atoms with Crippen molar-refractivity contribution < 1.29 is 30.2 Å². The van der Waals surface area contributed by atoms with Gasteiger partial charge in [0.1, 0.15) is 11.4 Å². The molecule has 312 valence electrons. The number of hydrogen-bond acceptors (Lipinski definition) is 5. The van der Waals surface area contributed by atoms with E-state index in [1.165, 1.54) is 16.5 Å². The third-order valence-corrected chi connectivity index (χ3v) is 12.3. The number of anilines is 3. The van der Waals surface area contributed by atoms with Gasteiger partial charge in [-0.15, -0.1) is 53.6 Å². The number of benzene rings is 5. The van der Waals surface area contributed by atoms with Gasteiger partial charge in [0.05, 0.1) is 5.70 Å². The van der Waals surface area contributed by atoms with E-state index in [-0.39, 0.29) is 37.3 Å². The Kier molecular flexibility index (Phi) is 9.90. The summed E-state index contributed by atoms with van der Waals surface area (Å²) in [7, 11) is 0. The van der Waals surface area contributed by atoms with Crippen LogP contribution in [0.4, 0.5) is 17.1 Å². The van der Waals surface area contributed by atoms with Gasteiger partial charge in [-0.3, -0.25) is 0 Å². The molecule has 0 saturated heterocycles. The van der Waals surface area contributed by atoms with E-state index in [1.807, 2.05) is 12.3 Å². The van der Waals surface area contributed by atoms with E-state index in [2.05, 4.69) is 205 Å². The predicted octanol–water partition coefficient (Wildman–Crippen LogP) is 14.2. The van der Waals surface area contributed by atoms with Gasteiger partial charge in [0.2, 0.25) is 0 Å². The van der Waals surface area contributed by atoms with Crippen molar-refractivity contribution in [2.75, 3.05) is 9.80 Å². The van der Waals surface area contributed by atoms with Crippen molar-refractivity contribution in [3.63, 3.8) is 0 Å². The van der Waals surface area contributed by atoms with Crippen LogP contribution in [0.1, 0.15) is 84.8 Å². The van der Waals surface area contributed by atoms with Crippen molar-refractivity contribution in [2.45, 2.75) is 79.6 Å². The molecule has 0 bridgehead atoms. The monoisotopic (exact) mass is 982 g/mol. The van der Waals surface area contributed by atoms with E-state index in [1.54, 1.807) is 0 Å². The fourth-order valence-corrected chi connectivity index (χ4v) is 8.74. The molecule has 6 nitrogen and oxygen atoms in total. The van der Waals surface area contributed by atoms with Crippen LogP contribution in [0.25, 0.3) is 44.3 Å². The van der Waals surface area contributed by atoms with Crippen LogP contribution in [0.5, 0.6) is 11.5 Å². The molecular formula is C54H51N4O2Pt-3. The maximum atomic E-state index is 6.82. The molecule has 61 heavy (non-hydrogen) atoms. The van der Waals surface area contributed by atoms with Gasteiger partial charge in [-0.25, -0.2) is 4.98 Å². The van der Waals surface area contributed by atoms with Crippen molar-refractivity contribution in [2.24, 2.45) is 11.3 Å². The summed E-state index contributed by atoms with van der Waals surface area (Å²) in [6.45, 7) is 22.6. The maximum Gasteiger partial charge on any atom is 0.152 e. The van der Waals surface area contributed by atoms with Crippen LogP contribution in [-0.4, -0.2) is 9.55 Å². The summed E-state index contributed by atoms with van der Waals surface area (Å²) in [6.07, 6.45) is 5.26. The van der Waals surface area contributed by atoms with E-state index in [0.717, 1.165) is 73.7 Å². The molecule has 0 N–H and O–H groups in total. The zero-order chi connectivity index (χ0) is 41.7. The Morgan fingerprint density at radius 3 is 2.11 bits per heavy atom. The second-order valence-electron chi connectivity index (χ2n) is 19.5. The molecule has 1 aliphatic heterocycles. The number of pyridine rings is 1. The van der Waals surface area contributed by atoms with E-state index in [9.17, 15) is 0 Å². The summed E-state index contributed by atoms with van der Waals surface area (Å²) >= 11 is 0. The molecule has 1 aliphatic carbocycles. The number of allylic oxidation sites excluding steroid dienone is 1. The predicted molar refractivity (Wildman–Crippen MR) is 246 cm³/mol. The van der Waals surface area contributed by atoms with Gasteiger partial charge in [0, 0.05) is 66.6 Å². The minimum atomic E-state index is -0.167. The summed E-state index contributed by atoms with van der Waals surface area (Å²) in [5.74, 6) is 3.34. The molecule has 4 heterocycles.